The maximum Gasteiger partial charge on any atom is 0.342 e. The molecule has 0 unspecified atom stereocenters. The van der Waals surface area contributed by atoms with Gasteiger partial charge in [-0.25, -0.2) is 9.59 Å². The molecule has 2 heterocycles. The third kappa shape index (κ3) is 9.16. The molecular weight excluding hydrogens is 670 g/mol. The summed E-state index contributed by atoms with van der Waals surface area (Å²) < 4.78 is 21.8. The number of nitrogens with zero attached hydrogens (tertiary/aromatic N) is 2. The number of aryl methyl sites for hydroxylation is 2. The summed E-state index contributed by atoms with van der Waals surface area (Å²) in [6.45, 7) is 16.6. The third-order valence-electron chi connectivity index (χ3n) is 8.05. The first-order chi connectivity index (χ1) is 24.4. The average Bonchev–Trinajstić information content (AvgIpc) is 3.06. The van der Waals surface area contributed by atoms with Gasteiger partial charge in [0.15, 0.2) is 0 Å². The number of hydrogen-bond acceptors (Lipinski definition) is 12. The molecule has 1 amide bonds. The van der Waals surface area contributed by atoms with E-state index in [-0.39, 0.29) is 54.8 Å². The van der Waals surface area contributed by atoms with Gasteiger partial charge >= 0.3 is 17.9 Å². The van der Waals surface area contributed by atoms with Gasteiger partial charge in [0.05, 0.1) is 68.6 Å². The number of carboxylic acid groups (broad SMARTS) is 1. The monoisotopic (exact) mass is 719 g/mol. The van der Waals surface area contributed by atoms with Crippen LogP contribution in [0.25, 0.3) is 21.8 Å². The Balaban J connectivity index is 0.000000281. The van der Waals surface area contributed by atoms with E-state index in [9.17, 15) is 24.3 Å². The summed E-state index contributed by atoms with van der Waals surface area (Å²) in [5.41, 5.74) is 13.8. The van der Waals surface area contributed by atoms with Crippen molar-refractivity contribution < 1.29 is 43.2 Å². The Morgan fingerprint density at radius 2 is 1.12 bits per heavy atom. The minimum absolute atomic E-state index is 0.0521. The van der Waals surface area contributed by atoms with Crippen molar-refractivity contribution in [3.05, 3.63) is 58.9 Å². The van der Waals surface area contributed by atoms with Crippen molar-refractivity contribution in [1.82, 2.24) is 15.3 Å². The molecule has 0 atom stereocenters. The summed E-state index contributed by atoms with van der Waals surface area (Å²) in [4.78, 5) is 56.8. The van der Waals surface area contributed by atoms with Crippen molar-refractivity contribution in [2.24, 2.45) is 10.8 Å². The second-order valence-electron chi connectivity index (χ2n) is 13.2. The zero-order valence-corrected chi connectivity index (χ0v) is 31.3. The van der Waals surface area contributed by atoms with E-state index >= 15 is 0 Å². The van der Waals surface area contributed by atoms with Crippen LogP contribution >= 0.6 is 0 Å². The highest BCUT2D eigenvalue weighted by Gasteiger charge is 2.30. The van der Waals surface area contributed by atoms with Gasteiger partial charge in [0.1, 0.15) is 35.8 Å². The number of esters is 2. The van der Waals surface area contributed by atoms with E-state index in [1.807, 2.05) is 6.92 Å². The van der Waals surface area contributed by atoms with Crippen LogP contribution in [0.5, 0.6) is 11.5 Å². The molecule has 0 saturated heterocycles. The summed E-state index contributed by atoms with van der Waals surface area (Å²) in [5.74, 6) is -1.28. The second-order valence-corrected chi connectivity index (χ2v) is 13.2. The van der Waals surface area contributed by atoms with Crippen molar-refractivity contribution in [1.29, 1.82) is 0 Å². The van der Waals surface area contributed by atoms with Gasteiger partial charge in [0.25, 0.3) is 0 Å². The zero-order valence-electron chi connectivity index (χ0n) is 31.3. The molecule has 2 aromatic carbocycles. The normalized spacial score (nSPS) is 11.3. The molecule has 6 N–H and O–H groups in total. The van der Waals surface area contributed by atoms with E-state index in [0.717, 1.165) is 0 Å². The van der Waals surface area contributed by atoms with Crippen LogP contribution in [-0.2, 0) is 19.1 Å². The Hall–Kier alpha value is -5.66. The van der Waals surface area contributed by atoms with Crippen LogP contribution in [0.3, 0.4) is 0 Å². The molecule has 0 radical (unpaired) electrons. The number of nitrogens with one attached hydrogen (secondary N) is 1. The molecule has 280 valence electrons. The number of amides is 1. The molecule has 0 bridgehead atoms. The molecule has 0 fully saturated rings. The molecule has 0 saturated carbocycles. The fourth-order valence-electron chi connectivity index (χ4n) is 5.09. The Kier molecular flexibility index (Phi) is 13.4. The zero-order chi connectivity index (χ0) is 39.0. The summed E-state index contributed by atoms with van der Waals surface area (Å²) in [6.07, 6.45) is 0. The average molecular weight is 720 g/mol. The first-order valence-corrected chi connectivity index (χ1v) is 16.9. The molecule has 4 aromatic rings. The van der Waals surface area contributed by atoms with E-state index in [0.29, 0.717) is 51.2 Å². The molecule has 0 aliphatic rings. The number of nitrogen functional groups attached to an aromatic ring is 2. The van der Waals surface area contributed by atoms with Gasteiger partial charge in [-0.15, -0.1) is 0 Å². The van der Waals surface area contributed by atoms with Crippen LogP contribution in [0.2, 0.25) is 0 Å². The maximum atomic E-state index is 12.3. The van der Waals surface area contributed by atoms with Gasteiger partial charge in [-0.05, 0) is 86.6 Å². The number of fused-ring (bicyclic) bond motifs is 2. The summed E-state index contributed by atoms with van der Waals surface area (Å²) in [7, 11) is 0. The highest BCUT2D eigenvalue weighted by atomic mass is 16.5. The first-order valence-electron chi connectivity index (χ1n) is 16.9. The molecule has 2 aromatic heterocycles. The van der Waals surface area contributed by atoms with Crippen LogP contribution in [0.15, 0.2) is 36.4 Å². The molecular formula is C38H49N5O9. The van der Waals surface area contributed by atoms with E-state index in [4.69, 9.17) is 30.4 Å². The van der Waals surface area contributed by atoms with Gasteiger partial charge in [0.2, 0.25) is 5.91 Å². The first kappa shape index (κ1) is 40.8. The largest absolute Gasteiger partial charge is 0.492 e. The lowest BCUT2D eigenvalue weighted by atomic mass is 9.93. The summed E-state index contributed by atoms with van der Waals surface area (Å²) in [6, 6.07) is 10.5. The molecule has 14 nitrogen and oxygen atoms in total. The van der Waals surface area contributed by atoms with Gasteiger partial charge < -0.3 is 40.8 Å². The number of aromatic nitrogens is 2. The fraction of sp³-hybridized carbons (Fsp3) is 0.421. The highest BCUT2D eigenvalue weighted by molar-refractivity contribution is 6.08. The van der Waals surface area contributed by atoms with E-state index in [2.05, 4.69) is 15.3 Å². The van der Waals surface area contributed by atoms with Gasteiger partial charge in [-0.2, -0.15) is 0 Å². The standard InChI is InChI=1S/C20H27N3O4.C18H22N2O5/c1-6-22-19(25)20(4,5)11-27-14-10-8-9-13-16(14)17(21)15(12(3)23-13)18(24)26-7-2;1-5-24-16(21)13-10(2)20-11-7-6-8-12(14(11)15(13)19)25-9-18(3,4)17(22)23/h8-10H,6-7,11H2,1-5H3,(H2,21,23)(H,22,25);6-8H,5,9H2,1-4H3,(H2,19,20)(H,22,23). The number of carbonyl (C=O) groups is 4. The number of hydrogen-bond donors (Lipinski definition) is 4. The number of rotatable bonds is 13. The highest BCUT2D eigenvalue weighted by Crippen LogP contribution is 2.36. The Bertz CT molecular complexity index is 1970. The number of nitrogens with two attached hydrogens (primary N) is 2. The maximum absolute atomic E-state index is 12.3. The van der Waals surface area contributed by atoms with Crippen molar-refractivity contribution in [3.63, 3.8) is 0 Å². The smallest absolute Gasteiger partial charge is 0.342 e. The molecule has 0 aliphatic carbocycles. The summed E-state index contributed by atoms with van der Waals surface area (Å²) >= 11 is 0. The van der Waals surface area contributed by atoms with Crippen molar-refractivity contribution in [2.75, 3.05) is 44.4 Å². The Morgan fingerprint density at radius 1 is 0.712 bits per heavy atom. The minimum atomic E-state index is -1.07. The van der Waals surface area contributed by atoms with Gasteiger partial charge in [0, 0.05) is 6.54 Å². The number of carboxylic acids is 1. The number of pyridine rings is 2. The molecule has 14 heteroatoms. The topological polar surface area (TPSA) is 215 Å². The van der Waals surface area contributed by atoms with Crippen molar-refractivity contribution in [3.8, 4) is 11.5 Å². The predicted molar refractivity (Wildman–Crippen MR) is 199 cm³/mol. The number of ether oxygens (including phenoxy) is 4. The van der Waals surface area contributed by atoms with Crippen LogP contribution < -0.4 is 26.3 Å². The Morgan fingerprint density at radius 3 is 1.48 bits per heavy atom. The van der Waals surface area contributed by atoms with Crippen molar-refractivity contribution in [2.45, 2.75) is 62.3 Å². The number of benzene rings is 2. The van der Waals surface area contributed by atoms with Crippen LogP contribution in [0.1, 0.15) is 80.6 Å². The number of aliphatic carboxylic acids is 1. The van der Waals surface area contributed by atoms with Gasteiger partial charge in [-0.3, -0.25) is 19.6 Å². The lowest BCUT2D eigenvalue weighted by molar-refractivity contribution is -0.148. The molecule has 52 heavy (non-hydrogen) atoms. The summed E-state index contributed by atoms with van der Waals surface area (Å²) in [5, 5.41) is 13.0. The third-order valence-corrected chi connectivity index (χ3v) is 8.05. The minimum Gasteiger partial charge on any atom is -0.492 e. The Labute approximate surface area is 303 Å². The van der Waals surface area contributed by atoms with Crippen LogP contribution in [0, 0.1) is 24.7 Å². The SMILES string of the molecule is CCNC(=O)C(C)(C)COc1cccc2nc(C)c(C(=O)OCC)c(N)c12.CCOC(=O)c1c(C)nc2cccc(OCC(C)(C)C(=O)O)c2c1N. The predicted octanol–water partition coefficient (Wildman–Crippen LogP) is 5.63. The second kappa shape index (κ2) is 17.0. The van der Waals surface area contributed by atoms with Gasteiger partial charge in [-0.1, -0.05) is 12.1 Å². The molecule has 0 aliphatic heterocycles. The molecule has 0 spiro atoms. The van der Waals surface area contributed by atoms with Crippen LogP contribution in [0.4, 0.5) is 11.4 Å². The van der Waals surface area contributed by atoms with E-state index < -0.39 is 28.7 Å². The van der Waals surface area contributed by atoms with E-state index in [1.54, 1.807) is 91.8 Å². The quantitative estimate of drug-likeness (QED) is 0.123. The lowest BCUT2D eigenvalue weighted by Gasteiger charge is -2.24. The van der Waals surface area contributed by atoms with E-state index in [1.165, 1.54) is 0 Å². The fourth-order valence-corrected chi connectivity index (χ4v) is 5.09. The molecule has 4 rings (SSSR count). The van der Waals surface area contributed by atoms with Crippen LogP contribution in [-0.4, -0.2) is 71.9 Å². The number of anilines is 2. The number of carbonyl (C=O) groups excluding carboxylic acids is 3. The lowest BCUT2D eigenvalue weighted by Crippen LogP contribution is -2.40. The van der Waals surface area contributed by atoms with Crippen molar-refractivity contribution >= 4 is 57.0 Å².